The van der Waals surface area contributed by atoms with Gasteiger partial charge in [0.25, 0.3) is 5.91 Å². The van der Waals surface area contributed by atoms with Gasteiger partial charge in [0.05, 0.1) is 17.9 Å². The SMILES string of the molecule is Cn1ncc2c1CCCC2NC(=O)COc1ccc(-n2cnnn2)cc1. The Morgan fingerprint density at radius 2 is 2.19 bits per heavy atom. The highest BCUT2D eigenvalue weighted by atomic mass is 16.5. The Morgan fingerprint density at radius 3 is 2.96 bits per heavy atom. The monoisotopic (exact) mass is 353 g/mol. The molecule has 2 heterocycles. The van der Waals surface area contributed by atoms with Crippen molar-refractivity contribution in [2.75, 3.05) is 6.61 Å². The minimum Gasteiger partial charge on any atom is -0.484 e. The zero-order chi connectivity index (χ0) is 17.9. The highest BCUT2D eigenvalue weighted by molar-refractivity contribution is 5.78. The van der Waals surface area contributed by atoms with Gasteiger partial charge in [-0.3, -0.25) is 9.48 Å². The molecule has 1 aromatic carbocycles. The number of hydrogen-bond donors (Lipinski definition) is 1. The molecule has 0 bridgehead atoms. The van der Waals surface area contributed by atoms with Crippen molar-refractivity contribution in [3.05, 3.63) is 48.0 Å². The number of aromatic nitrogens is 6. The summed E-state index contributed by atoms with van der Waals surface area (Å²) in [5.41, 5.74) is 3.12. The Kier molecular flexibility index (Phi) is 4.34. The maximum atomic E-state index is 12.3. The molecule has 134 valence electrons. The van der Waals surface area contributed by atoms with Crippen LogP contribution in [0.1, 0.15) is 30.1 Å². The van der Waals surface area contributed by atoms with Gasteiger partial charge in [-0.2, -0.15) is 5.10 Å². The minimum atomic E-state index is -0.142. The number of ether oxygens (including phenoxy) is 1. The molecule has 26 heavy (non-hydrogen) atoms. The Morgan fingerprint density at radius 1 is 1.35 bits per heavy atom. The topological polar surface area (TPSA) is 99.8 Å². The van der Waals surface area contributed by atoms with Crippen molar-refractivity contribution in [1.82, 2.24) is 35.3 Å². The second kappa shape index (κ2) is 6.95. The van der Waals surface area contributed by atoms with E-state index in [1.165, 1.54) is 12.0 Å². The molecule has 0 radical (unpaired) electrons. The van der Waals surface area contributed by atoms with Gasteiger partial charge in [-0.25, -0.2) is 4.68 Å². The maximum Gasteiger partial charge on any atom is 0.258 e. The van der Waals surface area contributed by atoms with Crippen LogP contribution in [-0.2, 0) is 18.3 Å². The van der Waals surface area contributed by atoms with E-state index in [4.69, 9.17) is 4.74 Å². The second-order valence-electron chi connectivity index (χ2n) is 6.22. The molecule has 0 aliphatic heterocycles. The van der Waals surface area contributed by atoms with E-state index in [1.807, 2.05) is 30.1 Å². The van der Waals surface area contributed by atoms with Crippen LogP contribution in [0.25, 0.3) is 5.69 Å². The molecule has 0 fully saturated rings. The average Bonchev–Trinajstić information content (AvgIpc) is 3.32. The molecule has 1 unspecified atom stereocenters. The van der Waals surface area contributed by atoms with Crippen molar-refractivity contribution in [3.63, 3.8) is 0 Å². The van der Waals surface area contributed by atoms with E-state index in [0.717, 1.165) is 30.5 Å². The molecule has 0 spiro atoms. The number of hydrogen-bond acceptors (Lipinski definition) is 6. The Bertz CT molecular complexity index is 886. The summed E-state index contributed by atoms with van der Waals surface area (Å²) in [5, 5.41) is 18.4. The van der Waals surface area contributed by atoms with Crippen molar-refractivity contribution < 1.29 is 9.53 Å². The summed E-state index contributed by atoms with van der Waals surface area (Å²) in [7, 11) is 1.94. The standard InChI is InChI=1S/C17H19N7O2/c1-23-16-4-2-3-15(14(16)9-19-23)20-17(25)10-26-13-7-5-12(6-8-13)24-11-18-21-22-24/h5-9,11,15H,2-4,10H2,1H3,(H,20,25). The number of fused-ring (bicyclic) bond motifs is 1. The van der Waals surface area contributed by atoms with E-state index in [0.29, 0.717) is 5.75 Å². The van der Waals surface area contributed by atoms with Crippen LogP contribution in [0.4, 0.5) is 0 Å². The van der Waals surface area contributed by atoms with E-state index >= 15 is 0 Å². The van der Waals surface area contributed by atoms with Crippen LogP contribution in [-0.4, -0.2) is 42.5 Å². The molecule has 1 atom stereocenters. The zero-order valence-corrected chi connectivity index (χ0v) is 14.4. The van der Waals surface area contributed by atoms with Gasteiger partial charge in [0.1, 0.15) is 12.1 Å². The van der Waals surface area contributed by atoms with Gasteiger partial charge >= 0.3 is 0 Å². The molecule has 1 amide bonds. The molecule has 1 aliphatic carbocycles. The maximum absolute atomic E-state index is 12.3. The van der Waals surface area contributed by atoms with Gasteiger partial charge in [-0.05, 0) is 54.0 Å². The van der Waals surface area contributed by atoms with Crippen LogP contribution >= 0.6 is 0 Å². The van der Waals surface area contributed by atoms with E-state index < -0.39 is 0 Å². The number of tetrazole rings is 1. The highest BCUT2D eigenvalue weighted by Crippen LogP contribution is 2.29. The third-order valence-corrected chi connectivity index (χ3v) is 4.53. The number of aryl methyl sites for hydroxylation is 1. The van der Waals surface area contributed by atoms with Crippen molar-refractivity contribution in [1.29, 1.82) is 0 Å². The number of amides is 1. The first-order valence-electron chi connectivity index (χ1n) is 8.47. The lowest BCUT2D eigenvalue weighted by Crippen LogP contribution is -2.34. The van der Waals surface area contributed by atoms with Gasteiger partial charge in [0.15, 0.2) is 6.61 Å². The van der Waals surface area contributed by atoms with Crippen molar-refractivity contribution in [3.8, 4) is 11.4 Å². The van der Waals surface area contributed by atoms with Crippen LogP contribution < -0.4 is 10.1 Å². The lowest BCUT2D eigenvalue weighted by Gasteiger charge is -2.23. The fourth-order valence-electron chi connectivity index (χ4n) is 3.22. The lowest BCUT2D eigenvalue weighted by molar-refractivity contribution is -0.123. The van der Waals surface area contributed by atoms with Gasteiger partial charge in [-0.1, -0.05) is 0 Å². The third kappa shape index (κ3) is 3.28. The number of carbonyl (C=O) groups excluding carboxylic acids is 1. The molecule has 9 heteroatoms. The van der Waals surface area contributed by atoms with Gasteiger partial charge in [-0.15, -0.1) is 5.10 Å². The van der Waals surface area contributed by atoms with Crippen molar-refractivity contribution in [2.24, 2.45) is 7.05 Å². The highest BCUT2D eigenvalue weighted by Gasteiger charge is 2.24. The van der Waals surface area contributed by atoms with Crippen LogP contribution in [0.2, 0.25) is 0 Å². The predicted molar refractivity (Wildman–Crippen MR) is 91.7 cm³/mol. The normalized spacial score (nSPS) is 16.1. The Hall–Kier alpha value is -3.23. The number of nitrogens with one attached hydrogen (secondary N) is 1. The quantitative estimate of drug-likeness (QED) is 0.734. The first-order chi connectivity index (χ1) is 12.7. The van der Waals surface area contributed by atoms with E-state index in [1.54, 1.807) is 16.8 Å². The van der Waals surface area contributed by atoms with E-state index in [-0.39, 0.29) is 18.6 Å². The number of benzene rings is 1. The molecule has 0 saturated heterocycles. The molecular formula is C17H19N7O2. The third-order valence-electron chi connectivity index (χ3n) is 4.53. The first kappa shape index (κ1) is 16.2. The smallest absolute Gasteiger partial charge is 0.258 e. The largest absolute Gasteiger partial charge is 0.484 e. The van der Waals surface area contributed by atoms with E-state index in [9.17, 15) is 4.79 Å². The molecule has 1 N–H and O–H groups in total. The lowest BCUT2D eigenvalue weighted by atomic mass is 9.93. The molecular weight excluding hydrogens is 334 g/mol. The second-order valence-corrected chi connectivity index (χ2v) is 6.22. The fourth-order valence-corrected chi connectivity index (χ4v) is 3.22. The zero-order valence-electron chi connectivity index (χ0n) is 14.4. The Balaban J connectivity index is 1.33. The molecule has 0 saturated carbocycles. The summed E-state index contributed by atoms with van der Waals surface area (Å²) in [6.07, 6.45) is 6.32. The van der Waals surface area contributed by atoms with Crippen LogP contribution in [0.5, 0.6) is 5.75 Å². The van der Waals surface area contributed by atoms with Gasteiger partial charge in [0.2, 0.25) is 0 Å². The van der Waals surface area contributed by atoms with Crippen LogP contribution in [0.15, 0.2) is 36.8 Å². The van der Waals surface area contributed by atoms with E-state index in [2.05, 4.69) is 25.9 Å². The summed E-state index contributed by atoms with van der Waals surface area (Å²) in [6, 6.07) is 7.22. The Labute approximate surface area is 150 Å². The number of rotatable bonds is 5. The molecule has 2 aromatic heterocycles. The summed E-state index contributed by atoms with van der Waals surface area (Å²) in [4.78, 5) is 12.3. The van der Waals surface area contributed by atoms with Crippen molar-refractivity contribution in [2.45, 2.75) is 25.3 Å². The van der Waals surface area contributed by atoms with Crippen molar-refractivity contribution >= 4 is 5.91 Å². The van der Waals surface area contributed by atoms with Crippen LogP contribution in [0, 0.1) is 0 Å². The summed E-state index contributed by atoms with van der Waals surface area (Å²) < 4.78 is 9.01. The average molecular weight is 353 g/mol. The molecule has 4 rings (SSSR count). The van der Waals surface area contributed by atoms with Gasteiger partial charge < -0.3 is 10.1 Å². The summed E-state index contributed by atoms with van der Waals surface area (Å²) in [5.74, 6) is 0.471. The molecule has 3 aromatic rings. The molecule has 9 nitrogen and oxygen atoms in total. The summed E-state index contributed by atoms with van der Waals surface area (Å²) >= 11 is 0. The van der Waals surface area contributed by atoms with Gasteiger partial charge in [0, 0.05) is 18.3 Å². The number of carbonyl (C=O) groups is 1. The van der Waals surface area contributed by atoms with Crippen LogP contribution in [0.3, 0.4) is 0 Å². The minimum absolute atomic E-state index is 0.00532. The fraction of sp³-hybridized carbons (Fsp3) is 0.353. The number of nitrogens with zero attached hydrogens (tertiary/aromatic N) is 6. The predicted octanol–water partition coefficient (Wildman–Crippen LogP) is 0.968. The first-order valence-corrected chi connectivity index (χ1v) is 8.47. The molecule has 1 aliphatic rings. The summed E-state index contributed by atoms with van der Waals surface area (Å²) in [6.45, 7) is -0.0314.